The Morgan fingerprint density at radius 1 is 1.03 bits per heavy atom. The SMILES string of the molecule is CC(C)(C)NC1CCCN(CCOc2cccc(CCCCCOC(C)(C)C)c2)C1. The summed E-state index contributed by atoms with van der Waals surface area (Å²) in [5, 5.41) is 3.75. The van der Waals surface area contributed by atoms with Gasteiger partial charge in [-0.05, 0) is 97.9 Å². The van der Waals surface area contributed by atoms with Crippen molar-refractivity contribution in [1.82, 2.24) is 10.2 Å². The molecule has 0 aromatic heterocycles. The molecule has 1 atom stereocenters. The first kappa shape index (κ1) is 25.2. The predicted molar refractivity (Wildman–Crippen MR) is 128 cm³/mol. The lowest BCUT2D eigenvalue weighted by Gasteiger charge is -2.37. The molecule has 1 aromatic carbocycles. The molecule has 0 spiro atoms. The first-order valence-electron chi connectivity index (χ1n) is 12.0. The molecule has 0 radical (unpaired) electrons. The second kappa shape index (κ2) is 12.1. The van der Waals surface area contributed by atoms with E-state index in [4.69, 9.17) is 9.47 Å². The van der Waals surface area contributed by atoms with Gasteiger partial charge in [0.1, 0.15) is 12.4 Å². The van der Waals surface area contributed by atoms with Gasteiger partial charge in [0.05, 0.1) is 5.60 Å². The summed E-state index contributed by atoms with van der Waals surface area (Å²) in [4.78, 5) is 2.54. The van der Waals surface area contributed by atoms with Crippen LogP contribution < -0.4 is 10.1 Å². The summed E-state index contributed by atoms with van der Waals surface area (Å²) in [7, 11) is 0. The monoisotopic (exact) mass is 418 g/mol. The number of nitrogens with zero attached hydrogens (tertiary/aromatic N) is 1. The molecule has 2 rings (SSSR count). The van der Waals surface area contributed by atoms with Gasteiger partial charge in [0.2, 0.25) is 0 Å². The number of unbranched alkanes of at least 4 members (excludes halogenated alkanes) is 2. The van der Waals surface area contributed by atoms with Crippen LogP contribution in [0.1, 0.15) is 79.2 Å². The van der Waals surface area contributed by atoms with Crippen molar-refractivity contribution in [2.24, 2.45) is 0 Å². The number of hydrogen-bond acceptors (Lipinski definition) is 4. The van der Waals surface area contributed by atoms with Crippen LogP contribution in [0.4, 0.5) is 0 Å². The van der Waals surface area contributed by atoms with E-state index in [-0.39, 0.29) is 11.1 Å². The van der Waals surface area contributed by atoms with Crippen LogP contribution in [-0.2, 0) is 11.2 Å². The van der Waals surface area contributed by atoms with Crippen LogP contribution in [0.15, 0.2) is 24.3 Å². The molecule has 1 unspecified atom stereocenters. The maximum Gasteiger partial charge on any atom is 0.119 e. The average molecular weight is 419 g/mol. The highest BCUT2D eigenvalue weighted by atomic mass is 16.5. The largest absolute Gasteiger partial charge is 0.492 e. The van der Waals surface area contributed by atoms with Crippen LogP contribution in [0.2, 0.25) is 0 Å². The van der Waals surface area contributed by atoms with E-state index < -0.39 is 0 Å². The van der Waals surface area contributed by atoms with Crippen LogP contribution in [0.3, 0.4) is 0 Å². The summed E-state index contributed by atoms with van der Waals surface area (Å²) in [6.07, 6.45) is 7.20. The molecule has 1 aromatic rings. The molecular formula is C26H46N2O2. The van der Waals surface area contributed by atoms with Gasteiger partial charge in [-0.1, -0.05) is 18.6 Å². The van der Waals surface area contributed by atoms with Gasteiger partial charge in [-0.15, -0.1) is 0 Å². The molecule has 4 heteroatoms. The summed E-state index contributed by atoms with van der Waals surface area (Å²) < 4.78 is 11.9. The fourth-order valence-corrected chi connectivity index (χ4v) is 4.06. The van der Waals surface area contributed by atoms with Crippen molar-refractivity contribution < 1.29 is 9.47 Å². The highest BCUT2D eigenvalue weighted by Gasteiger charge is 2.23. The van der Waals surface area contributed by atoms with E-state index in [9.17, 15) is 0 Å². The van der Waals surface area contributed by atoms with Gasteiger partial charge in [-0.25, -0.2) is 0 Å². The summed E-state index contributed by atoms with van der Waals surface area (Å²) >= 11 is 0. The fraction of sp³-hybridized carbons (Fsp3) is 0.769. The Hall–Kier alpha value is -1.10. The Morgan fingerprint density at radius 3 is 2.57 bits per heavy atom. The number of rotatable bonds is 11. The number of hydrogen-bond donors (Lipinski definition) is 1. The Morgan fingerprint density at radius 2 is 1.83 bits per heavy atom. The third kappa shape index (κ3) is 11.3. The minimum absolute atomic E-state index is 0.0239. The number of ether oxygens (including phenoxy) is 2. The van der Waals surface area contributed by atoms with Gasteiger partial charge in [0.15, 0.2) is 0 Å². The van der Waals surface area contributed by atoms with Crippen LogP contribution in [0.25, 0.3) is 0 Å². The van der Waals surface area contributed by atoms with Crippen molar-refractivity contribution >= 4 is 0 Å². The van der Waals surface area contributed by atoms with Gasteiger partial charge in [-0.2, -0.15) is 0 Å². The maximum atomic E-state index is 6.09. The highest BCUT2D eigenvalue weighted by Crippen LogP contribution is 2.17. The van der Waals surface area contributed by atoms with Gasteiger partial charge in [0.25, 0.3) is 0 Å². The molecule has 1 N–H and O–H groups in total. The lowest BCUT2D eigenvalue weighted by atomic mass is 10.0. The smallest absolute Gasteiger partial charge is 0.119 e. The minimum Gasteiger partial charge on any atom is -0.492 e. The Bertz CT molecular complexity index is 604. The van der Waals surface area contributed by atoms with Crippen molar-refractivity contribution in [3.05, 3.63) is 29.8 Å². The number of nitrogens with one attached hydrogen (secondary N) is 1. The molecule has 0 bridgehead atoms. The lowest BCUT2D eigenvalue weighted by Crippen LogP contribution is -2.52. The van der Waals surface area contributed by atoms with E-state index >= 15 is 0 Å². The normalized spacial score (nSPS) is 18.5. The molecule has 0 amide bonds. The van der Waals surface area contributed by atoms with Crippen molar-refractivity contribution in [1.29, 1.82) is 0 Å². The molecule has 0 saturated carbocycles. The number of piperidine rings is 1. The van der Waals surface area contributed by atoms with E-state index in [2.05, 4.69) is 76.0 Å². The van der Waals surface area contributed by atoms with Crippen molar-refractivity contribution in [2.75, 3.05) is 32.8 Å². The maximum absolute atomic E-state index is 6.09. The molecule has 1 aliphatic heterocycles. The first-order chi connectivity index (χ1) is 14.1. The third-order valence-electron chi connectivity index (χ3n) is 5.36. The van der Waals surface area contributed by atoms with Gasteiger partial charge >= 0.3 is 0 Å². The first-order valence-corrected chi connectivity index (χ1v) is 12.0. The molecule has 1 saturated heterocycles. The van der Waals surface area contributed by atoms with Crippen molar-refractivity contribution in [3.63, 3.8) is 0 Å². The molecule has 172 valence electrons. The lowest BCUT2D eigenvalue weighted by molar-refractivity contribution is -0.00469. The third-order valence-corrected chi connectivity index (χ3v) is 5.36. The minimum atomic E-state index is -0.0239. The van der Waals surface area contributed by atoms with Crippen LogP contribution in [0.5, 0.6) is 5.75 Å². The van der Waals surface area contributed by atoms with E-state index in [0.29, 0.717) is 6.04 Å². The predicted octanol–water partition coefficient (Wildman–Crippen LogP) is 5.45. The molecule has 1 aliphatic rings. The molecule has 1 heterocycles. The Labute approximate surface area is 185 Å². The van der Waals surface area contributed by atoms with Gasteiger partial charge in [0, 0.05) is 31.3 Å². The van der Waals surface area contributed by atoms with Crippen LogP contribution in [-0.4, -0.2) is 54.9 Å². The summed E-state index contributed by atoms with van der Waals surface area (Å²) in [6.45, 7) is 18.0. The van der Waals surface area contributed by atoms with E-state index in [1.165, 1.54) is 37.8 Å². The summed E-state index contributed by atoms with van der Waals surface area (Å²) in [5.74, 6) is 1.00. The molecule has 4 nitrogen and oxygen atoms in total. The second-order valence-electron chi connectivity index (χ2n) is 10.8. The Kier molecular flexibility index (Phi) is 10.1. The number of benzene rings is 1. The van der Waals surface area contributed by atoms with Gasteiger partial charge < -0.3 is 14.8 Å². The van der Waals surface area contributed by atoms with Crippen LogP contribution in [0, 0.1) is 0 Å². The van der Waals surface area contributed by atoms with E-state index in [1.54, 1.807) is 0 Å². The number of likely N-dealkylation sites (tertiary alicyclic amines) is 1. The summed E-state index contributed by atoms with van der Waals surface area (Å²) in [5.41, 5.74) is 1.53. The number of aryl methyl sites for hydroxylation is 1. The molecule has 30 heavy (non-hydrogen) atoms. The topological polar surface area (TPSA) is 33.7 Å². The summed E-state index contributed by atoms with van der Waals surface area (Å²) in [6, 6.07) is 9.23. The Balaban J connectivity index is 1.64. The fourth-order valence-electron chi connectivity index (χ4n) is 4.06. The second-order valence-corrected chi connectivity index (χ2v) is 10.8. The molecule has 0 aliphatic carbocycles. The van der Waals surface area contributed by atoms with E-state index in [1.807, 2.05) is 0 Å². The molecule has 1 fully saturated rings. The average Bonchev–Trinajstić information content (AvgIpc) is 2.63. The zero-order valence-corrected chi connectivity index (χ0v) is 20.4. The zero-order chi connectivity index (χ0) is 22.0. The molecular weight excluding hydrogens is 372 g/mol. The van der Waals surface area contributed by atoms with Crippen molar-refractivity contribution in [2.45, 2.75) is 97.2 Å². The van der Waals surface area contributed by atoms with Gasteiger partial charge in [-0.3, -0.25) is 4.90 Å². The zero-order valence-electron chi connectivity index (χ0n) is 20.4. The quantitative estimate of drug-likeness (QED) is 0.485. The standard InChI is InChI=1S/C26H46N2O2/c1-25(2,3)27-23-14-11-16-28(21-23)17-19-29-24-15-10-13-22(20-24)12-8-7-9-18-30-26(4,5)6/h10,13,15,20,23,27H,7-9,11-12,14,16-19,21H2,1-6H3. The van der Waals surface area contributed by atoms with Crippen molar-refractivity contribution in [3.8, 4) is 5.75 Å². The van der Waals surface area contributed by atoms with E-state index in [0.717, 1.165) is 44.9 Å². The highest BCUT2D eigenvalue weighted by molar-refractivity contribution is 5.28. The van der Waals surface area contributed by atoms with Crippen LogP contribution >= 0.6 is 0 Å².